The summed E-state index contributed by atoms with van der Waals surface area (Å²) in [6.45, 7) is 0. The van der Waals surface area contributed by atoms with Crippen molar-refractivity contribution in [2.24, 2.45) is 0 Å². The Hall–Kier alpha value is -6.21. The normalized spacial score (nSPS) is 11.9. The number of nitrogens with zero attached hydrogens (tertiary/aromatic N) is 4. The topological polar surface area (TPSA) is 43.6 Å². The summed E-state index contributed by atoms with van der Waals surface area (Å²) >= 11 is 3.62. The highest BCUT2D eigenvalue weighted by Crippen LogP contribution is 2.41. The van der Waals surface area contributed by atoms with Crippen molar-refractivity contribution in [3.63, 3.8) is 0 Å². The maximum Gasteiger partial charge on any atom is 0.164 e. The van der Waals surface area contributed by atoms with Gasteiger partial charge in [0.1, 0.15) is 0 Å². The molecule has 0 saturated heterocycles. The molecule has 0 unspecified atom stereocenters. The van der Waals surface area contributed by atoms with Crippen LogP contribution in [0.4, 0.5) is 0 Å². The third kappa shape index (κ3) is 4.47. The largest absolute Gasteiger partial charge is 0.309 e. The first kappa shape index (κ1) is 28.6. The highest BCUT2D eigenvalue weighted by atomic mass is 32.1. The number of benzene rings is 7. The van der Waals surface area contributed by atoms with Crippen LogP contribution in [0.5, 0.6) is 0 Å². The molecule has 11 rings (SSSR count). The van der Waals surface area contributed by atoms with Crippen LogP contribution in [0.15, 0.2) is 158 Å². The zero-order valence-corrected chi connectivity index (χ0v) is 28.7. The molecular formula is C45H26N4S2. The first-order chi connectivity index (χ1) is 25.3. The first-order valence-electron chi connectivity index (χ1n) is 16.9. The minimum atomic E-state index is 0.649. The van der Waals surface area contributed by atoms with E-state index in [1.165, 1.54) is 62.2 Å². The van der Waals surface area contributed by atoms with E-state index in [0.29, 0.717) is 17.5 Å². The molecule has 4 aromatic heterocycles. The van der Waals surface area contributed by atoms with Crippen LogP contribution in [0.2, 0.25) is 0 Å². The molecule has 0 aliphatic rings. The van der Waals surface area contributed by atoms with E-state index in [-0.39, 0.29) is 0 Å². The van der Waals surface area contributed by atoms with Gasteiger partial charge in [-0.15, -0.1) is 22.7 Å². The molecule has 0 aliphatic heterocycles. The van der Waals surface area contributed by atoms with Gasteiger partial charge in [0.25, 0.3) is 0 Å². The summed E-state index contributed by atoms with van der Waals surface area (Å²) in [4.78, 5) is 15.6. The molecular weight excluding hydrogens is 661 g/mol. The quantitative estimate of drug-likeness (QED) is 0.185. The molecule has 0 aliphatic carbocycles. The van der Waals surface area contributed by atoms with E-state index in [0.717, 1.165) is 22.4 Å². The lowest BCUT2D eigenvalue weighted by Crippen LogP contribution is -2.01. The minimum absolute atomic E-state index is 0.649. The zero-order valence-electron chi connectivity index (χ0n) is 27.1. The monoisotopic (exact) mass is 686 g/mol. The summed E-state index contributed by atoms with van der Waals surface area (Å²) < 4.78 is 7.34. The van der Waals surface area contributed by atoms with Gasteiger partial charge in [0.05, 0.1) is 11.0 Å². The van der Waals surface area contributed by atoms with Crippen molar-refractivity contribution in [2.45, 2.75) is 0 Å². The summed E-state index contributed by atoms with van der Waals surface area (Å²) in [5, 5.41) is 7.37. The van der Waals surface area contributed by atoms with Gasteiger partial charge in [0.2, 0.25) is 0 Å². The molecule has 0 N–H and O–H groups in total. The summed E-state index contributed by atoms with van der Waals surface area (Å²) in [6.07, 6.45) is 0. The summed E-state index contributed by atoms with van der Waals surface area (Å²) in [6, 6.07) is 56.0. The molecule has 0 saturated carbocycles. The number of thiophene rings is 2. The van der Waals surface area contributed by atoms with E-state index in [9.17, 15) is 0 Å². The second-order valence-corrected chi connectivity index (χ2v) is 15.0. The number of para-hydroxylation sites is 2. The molecule has 0 radical (unpaired) electrons. The van der Waals surface area contributed by atoms with Crippen molar-refractivity contribution in [1.29, 1.82) is 0 Å². The maximum absolute atomic E-state index is 5.22. The van der Waals surface area contributed by atoms with Crippen LogP contribution < -0.4 is 0 Å². The fraction of sp³-hybridized carbons (Fsp3) is 0. The van der Waals surface area contributed by atoms with Crippen LogP contribution in [-0.2, 0) is 0 Å². The Kier molecular flexibility index (Phi) is 6.26. The van der Waals surface area contributed by atoms with Gasteiger partial charge in [-0.3, -0.25) is 0 Å². The molecule has 51 heavy (non-hydrogen) atoms. The first-order valence-corrected chi connectivity index (χ1v) is 18.6. The lowest BCUT2D eigenvalue weighted by atomic mass is 10.1. The van der Waals surface area contributed by atoms with Gasteiger partial charge in [-0.2, -0.15) is 0 Å². The van der Waals surface area contributed by atoms with Crippen LogP contribution in [0.1, 0.15) is 0 Å². The second kappa shape index (κ2) is 11.2. The predicted molar refractivity (Wildman–Crippen MR) is 216 cm³/mol. The lowest BCUT2D eigenvalue weighted by molar-refractivity contribution is 1.08. The van der Waals surface area contributed by atoms with Gasteiger partial charge in [0, 0.05) is 73.5 Å². The van der Waals surface area contributed by atoms with Gasteiger partial charge in [-0.05, 0) is 72.8 Å². The van der Waals surface area contributed by atoms with Gasteiger partial charge in [0.15, 0.2) is 17.5 Å². The van der Waals surface area contributed by atoms with Crippen molar-refractivity contribution in [3.8, 4) is 39.9 Å². The molecule has 0 bridgehead atoms. The van der Waals surface area contributed by atoms with Crippen LogP contribution >= 0.6 is 22.7 Å². The molecule has 0 spiro atoms. The van der Waals surface area contributed by atoms with Crippen LogP contribution in [0, 0.1) is 0 Å². The van der Waals surface area contributed by atoms with E-state index in [4.69, 9.17) is 15.0 Å². The van der Waals surface area contributed by atoms with Crippen molar-refractivity contribution in [2.75, 3.05) is 0 Å². The van der Waals surface area contributed by atoms with Gasteiger partial charge >= 0.3 is 0 Å². The Morgan fingerprint density at radius 1 is 0.373 bits per heavy atom. The highest BCUT2D eigenvalue weighted by molar-refractivity contribution is 7.26. The molecule has 0 amide bonds. The van der Waals surface area contributed by atoms with Gasteiger partial charge in [-0.25, -0.2) is 15.0 Å². The number of rotatable bonds is 4. The fourth-order valence-electron chi connectivity index (χ4n) is 7.54. The zero-order chi connectivity index (χ0) is 33.5. The fourth-order valence-corrected chi connectivity index (χ4v) is 9.76. The van der Waals surface area contributed by atoms with Gasteiger partial charge in [-0.1, -0.05) is 84.9 Å². The smallest absolute Gasteiger partial charge is 0.164 e. The van der Waals surface area contributed by atoms with Crippen LogP contribution in [0.3, 0.4) is 0 Å². The Bertz CT molecular complexity index is 3100. The SMILES string of the molecule is c1ccc2c(c1)sc1ccc(-c3nc(-c4ccc(-n5c6ccccc6c6ccccc65)cc4)nc(-c4cccc5sc6ccccc6c45)n3)cc12. The maximum atomic E-state index is 5.22. The molecule has 11 aromatic rings. The van der Waals surface area contributed by atoms with Crippen molar-refractivity contribution in [1.82, 2.24) is 19.5 Å². The Morgan fingerprint density at radius 2 is 0.902 bits per heavy atom. The third-order valence-corrected chi connectivity index (χ3v) is 12.2. The van der Waals surface area contributed by atoms with Crippen LogP contribution in [-0.4, -0.2) is 19.5 Å². The third-order valence-electron chi connectivity index (χ3n) is 9.88. The number of hydrogen-bond donors (Lipinski definition) is 0. The van der Waals surface area contributed by atoms with E-state index in [1.54, 1.807) is 11.3 Å². The average Bonchev–Trinajstić information content (AvgIpc) is 3.87. The Morgan fingerprint density at radius 3 is 1.65 bits per heavy atom. The van der Waals surface area contributed by atoms with Crippen molar-refractivity contribution >= 4 is 84.8 Å². The van der Waals surface area contributed by atoms with Gasteiger partial charge < -0.3 is 4.57 Å². The number of aromatic nitrogens is 4. The Balaban J connectivity index is 1.12. The molecule has 4 nitrogen and oxygen atoms in total. The molecule has 0 fully saturated rings. The summed E-state index contributed by atoms with van der Waals surface area (Å²) in [5.74, 6) is 1.98. The molecule has 6 heteroatoms. The number of fused-ring (bicyclic) bond motifs is 9. The van der Waals surface area contributed by atoms with Crippen molar-refractivity contribution in [3.05, 3.63) is 158 Å². The molecule has 4 heterocycles. The summed E-state index contributed by atoms with van der Waals surface area (Å²) in [7, 11) is 0. The van der Waals surface area contributed by atoms with E-state index >= 15 is 0 Å². The predicted octanol–water partition coefficient (Wildman–Crippen LogP) is 12.7. The Labute approximate surface area is 300 Å². The minimum Gasteiger partial charge on any atom is -0.309 e. The van der Waals surface area contributed by atoms with E-state index < -0.39 is 0 Å². The van der Waals surface area contributed by atoms with E-state index in [1.807, 2.05) is 11.3 Å². The van der Waals surface area contributed by atoms with Crippen LogP contribution in [0.25, 0.3) is 102 Å². The lowest BCUT2D eigenvalue weighted by Gasteiger charge is -2.11. The highest BCUT2D eigenvalue weighted by Gasteiger charge is 2.18. The molecule has 7 aromatic carbocycles. The second-order valence-electron chi connectivity index (χ2n) is 12.8. The average molecular weight is 687 g/mol. The van der Waals surface area contributed by atoms with Crippen molar-refractivity contribution < 1.29 is 0 Å². The summed E-state index contributed by atoms with van der Waals surface area (Å²) in [5.41, 5.74) is 6.38. The molecule has 0 atom stereocenters. The standard InChI is InChI=1S/C45H26N4S2/c1-5-15-36-30(10-1)31-11-2-6-16-37(31)49(36)29-23-20-27(21-24-29)43-46-44(28-22-25-40-35(26-28)32-12-3-7-17-38(32)50-40)48-45(47-43)34-14-9-19-41-42(34)33-13-4-8-18-39(33)51-41/h1-26H. The van der Waals surface area contributed by atoms with E-state index in [2.05, 4.69) is 162 Å². The molecule has 238 valence electrons. The number of hydrogen-bond acceptors (Lipinski definition) is 5.